The summed E-state index contributed by atoms with van der Waals surface area (Å²) < 4.78 is 18.1. The molecule has 1 aromatic heterocycles. The predicted molar refractivity (Wildman–Crippen MR) is 63.6 cm³/mol. The molecule has 1 aliphatic heterocycles. The Hall–Kier alpha value is -2.15. The summed E-state index contributed by atoms with van der Waals surface area (Å²) >= 11 is 1.01. The molecule has 0 atom stereocenters. The number of carbonyl (C=O) groups excluding carboxylic acids is 1. The number of aromatic nitrogens is 2. The Labute approximate surface area is 107 Å². The molecule has 18 heavy (non-hydrogen) atoms. The Morgan fingerprint density at radius 1 is 1.39 bits per heavy atom. The fourth-order valence-electron chi connectivity index (χ4n) is 1.59. The van der Waals surface area contributed by atoms with Gasteiger partial charge in [0, 0.05) is 6.54 Å². The van der Waals surface area contributed by atoms with Gasteiger partial charge in [0.1, 0.15) is 0 Å². The van der Waals surface area contributed by atoms with Gasteiger partial charge in [0.2, 0.25) is 6.79 Å². The normalized spacial score (nSPS) is 12.4. The van der Waals surface area contributed by atoms with Crippen molar-refractivity contribution < 1.29 is 14.3 Å². The summed E-state index contributed by atoms with van der Waals surface area (Å²) in [7, 11) is 0. The third-order valence-corrected chi connectivity index (χ3v) is 2.96. The first-order valence-electron chi connectivity index (χ1n) is 5.27. The van der Waals surface area contributed by atoms with Crippen LogP contribution in [0.4, 0.5) is 0 Å². The Bertz CT molecular complexity index is 571. The third-order valence-electron chi connectivity index (χ3n) is 2.48. The summed E-state index contributed by atoms with van der Waals surface area (Å²) in [5.74, 6) is 1.20. The van der Waals surface area contributed by atoms with Crippen LogP contribution in [0.15, 0.2) is 24.4 Å². The van der Waals surface area contributed by atoms with Crippen LogP contribution in [0.3, 0.4) is 0 Å². The second kappa shape index (κ2) is 4.61. The van der Waals surface area contributed by atoms with Crippen LogP contribution in [-0.4, -0.2) is 21.4 Å². The monoisotopic (exact) mass is 263 g/mol. The number of hydrogen-bond acceptors (Lipinski definition) is 6. The van der Waals surface area contributed by atoms with Crippen molar-refractivity contribution in [3.8, 4) is 11.5 Å². The number of amides is 1. The van der Waals surface area contributed by atoms with Crippen molar-refractivity contribution in [2.24, 2.45) is 0 Å². The molecule has 0 unspecified atom stereocenters. The van der Waals surface area contributed by atoms with Crippen molar-refractivity contribution in [2.45, 2.75) is 6.54 Å². The largest absolute Gasteiger partial charge is 0.454 e. The molecule has 1 aliphatic rings. The smallest absolute Gasteiger partial charge is 0.272 e. The van der Waals surface area contributed by atoms with E-state index in [0.717, 1.165) is 23.0 Å². The van der Waals surface area contributed by atoms with Gasteiger partial charge in [0.25, 0.3) is 5.91 Å². The molecular weight excluding hydrogens is 254 g/mol. The molecule has 2 heterocycles. The van der Waals surface area contributed by atoms with E-state index in [1.54, 1.807) is 0 Å². The van der Waals surface area contributed by atoms with E-state index >= 15 is 0 Å². The topological polar surface area (TPSA) is 73.3 Å². The number of carbonyl (C=O) groups is 1. The van der Waals surface area contributed by atoms with Crippen LogP contribution in [0.2, 0.25) is 0 Å². The summed E-state index contributed by atoms with van der Waals surface area (Å²) in [4.78, 5) is 11.6. The van der Waals surface area contributed by atoms with E-state index < -0.39 is 0 Å². The standard InChI is InChI=1S/C11H9N3O3S/c15-11(8-5-13-18-14-8)12-4-7-1-2-9-10(3-7)17-6-16-9/h1-3,5H,4,6H2,(H,12,15). The Balaban J connectivity index is 1.65. The van der Waals surface area contributed by atoms with Gasteiger partial charge >= 0.3 is 0 Å². The molecule has 0 fully saturated rings. The van der Waals surface area contributed by atoms with Crippen LogP contribution in [0, 0.1) is 0 Å². The maximum absolute atomic E-state index is 11.6. The molecule has 2 aromatic rings. The van der Waals surface area contributed by atoms with Crippen molar-refractivity contribution in [2.75, 3.05) is 6.79 Å². The van der Waals surface area contributed by atoms with Crippen molar-refractivity contribution in [1.82, 2.24) is 14.1 Å². The van der Waals surface area contributed by atoms with Crippen molar-refractivity contribution in [1.29, 1.82) is 0 Å². The van der Waals surface area contributed by atoms with Crippen molar-refractivity contribution in [3.05, 3.63) is 35.7 Å². The number of nitrogens with zero attached hydrogens (tertiary/aromatic N) is 2. The Morgan fingerprint density at radius 2 is 2.28 bits per heavy atom. The van der Waals surface area contributed by atoms with Gasteiger partial charge < -0.3 is 14.8 Å². The van der Waals surface area contributed by atoms with E-state index in [1.165, 1.54) is 6.20 Å². The molecule has 0 radical (unpaired) electrons. The molecule has 1 amide bonds. The van der Waals surface area contributed by atoms with Gasteiger partial charge in [-0.1, -0.05) is 6.07 Å². The van der Waals surface area contributed by atoms with Gasteiger partial charge in [-0.05, 0) is 17.7 Å². The molecule has 0 bridgehead atoms. The highest BCUT2D eigenvalue weighted by atomic mass is 32.1. The lowest BCUT2D eigenvalue weighted by molar-refractivity contribution is 0.0947. The van der Waals surface area contributed by atoms with E-state index in [1.807, 2.05) is 18.2 Å². The zero-order chi connectivity index (χ0) is 12.4. The van der Waals surface area contributed by atoms with Crippen LogP contribution in [0.1, 0.15) is 16.1 Å². The molecule has 0 aliphatic carbocycles. The van der Waals surface area contributed by atoms with Crippen molar-refractivity contribution in [3.63, 3.8) is 0 Å². The average Bonchev–Trinajstić information content (AvgIpc) is 3.05. The minimum Gasteiger partial charge on any atom is -0.454 e. The minimum absolute atomic E-state index is 0.235. The predicted octanol–water partition coefficient (Wildman–Crippen LogP) is 1.20. The number of nitrogens with one attached hydrogen (secondary N) is 1. The molecule has 0 saturated heterocycles. The summed E-state index contributed by atoms with van der Waals surface area (Å²) in [5, 5.41) is 2.76. The molecule has 0 spiro atoms. The Morgan fingerprint density at radius 3 is 3.11 bits per heavy atom. The zero-order valence-electron chi connectivity index (χ0n) is 9.25. The van der Waals surface area contributed by atoms with Crippen LogP contribution in [-0.2, 0) is 6.54 Å². The lowest BCUT2D eigenvalue weighted by atomic mass is 10.2. The second-order valence-electron chi connectivity index (χ2n) is 3.66. The number of hydrogen-bond donors (Lipinski definition) is 1. The van der Waals surface area contributed by atoms with E-state index in [2.05, 4.69) is 14.1 Å². The maximum atomic E-state index is 11.6. The average molecular weight is 263 g/mol. The van der Waals surface area contributed by atoms with Crippen LogP contribution < -0.4 is 14.8 Å². The Kier molecular flexibility index (Phi) is 2.81. The first-order chi connectivity index (χ1) is 8.83. The molecule has 1 N–H and O–H groups in total. The summed E-state index contributed by atoms with van der Waals surface area (Å²) in [5.41, 5.74) is 1.27. The number of rotatable bonds is 3. The highest BCUT2D eigenvalue weighted by Crippen LogP contribution is 2.32. The fraction of sp³-hybridized carbons (Fsp3) is 0.182. The van der Waals surface area contributed by atoms with E-state index in [0.29, 0.717) is 18.0 Å². The summed E-state index contributed by atoms with van der Waals surface area (Å²) in [6, 6.07) is 5.56. The lowest BCUT2D eigenvalue weighted by Gasteiger charge is -2.04. The molecule has 1 aromatic carbocycles. The SMILES string of the molecule is O=C(NCc1ccc2c(c1)OCO2)c1cnsn1. The maximum Gasteiger partial charge on any atom is 0.272 e. The van der Waals surface area contributed by atoms with Gasteiger partial charge in [0.15, 0.2) is 17.2 Å². The molecule has 3 rings (SSSR count). The molecule has 92 valence electrons. The van der Waals surface area contributed by atoms with E-state index in [9.17, 15) is 4.79 Å². The van der Waals surface area contributed by atoms with Gasteiger partial charge in [-0.25, -0.2) is 0 Å². The molecular formula is C11H9N3O3S. The number of benzene rings is 1. The first-order valence-corrected chi connectivity index (χ1v) is 6.00. The molecule has 7 heteroatoms. The summed E-state index contributed by atoms with van der Waals surface area (Å²) in [6.07, 6.45) is 1.44. The van der Waals surface area contributed by atoms with Gasteiger partial charge in [-0.2, -0.15) is 8.75 Å². The number of fused-ring (bicyclic) bond motifs is 1. The van der Waals surface area contributed by atoms with Crippen molar-refractivity contribution >= 4 is 17.6 Å². The fourth-order valence-corrected chi connectivity index (χ4v) is 2.00. The van der Waals surface area contributed by atoms with Crippen LogP contribution >= 0.6 is 11.7 Å². The highest BCUT2D eigenvalue weighted by Gasteiger charge is 2.14. The lowest BCUT2D eigenvalue weighted by Crippen LogP contribution is -2.22. The van der Waals surface area contributed by atoms with Gasteiger partial charge in [0.05, 0.1) is 17.9 Å². The van der Waals surface area contributed by atoms with E-state index in [-0.39, 0.29) is 12.7 Å². The number of ether oxygens (including phenoxy) is 2. The molecule has 6 nitrogen and oxygen atoms in total. The third kappa shape index (κ3) is 2.12. The second-order valence-corrected chi connectivity index (χ2v) is 4.22. The summed E-state index contributed by atoms with van der Waals surface area (Å²) in [6.45, 7) is 0.655. The first kappa shape index (κ1) is 11.0. The molecule has 0 saturated carbocycles. The zero-order valence-corrected chi connectivity index (χ0v) is 10.1. The van der Waals surface area contributed by atoms with E-state index in [4.69, 9.17) is 9.47 Å². The quantitative estimate of drug-likeness (QED) is 0.900. The minimum atomic E-state index is -0.235. The van der Waals surface area contributed by atoms with Crippen LogP contribution in [0.25, 0.3) is 0 Å². The van der Waals surface area contributed by atoms with Crippen LogP contribution in [0.5, 0.6) is 11.5 Å². The van der Waals surface area contributed by atoms with Gasteiger partial charge in [-0.3, -0.25) is 4.79 Å². The highest BCUT2D eigenvalue weighted by molar-refractivity contribution is 6.99. The van der Waals surface area contributed by atoms with Gasteiger partial charge in [-0.15, -0.1) is 0 Å².